The van der Waals surface area contributed by atoms with Crippen LogP contribution in [-0.4, -0.2) is 18.4 Å². The van der Waals surface area contributed by atoms with Crippen LogP contribution in [0.3, 0.4) is 0 Å². The van der Waals surface area contributed by atoms with Crippen LogP contribution in [0.15, 0.2) is 18.3 Å². The fourth-order valence-electron chi connectivity index (χ4n) is 0.875. The molecule has 68 valence electrons. The van der Waals surface area contributed by atoms with Crippen LogP contribution in [-0.2, 0) is 4.79 Å². The molecule has 0 unspecified atom stereocenters. The van der Waals surface area contributed by atoms with E-state index in [1.54, 1.807) is 18.3 Å². The first kappa shape index (κ1) is 9.25. The number of nitrogens with zero attached hydrogens (tertiary/aromatic N) is 1. The van der Waals surface area contributed by atoms with Crippen molar-refractivity contribution in [3.05, 3.63) is 23.9 Å². The van der Waals surface area contributed by atoms with Gasteiger partial charge in [-0.2, -0.15) is 0 Å². The van der Waals surface area contributed by atoms with Crippen LogP contribution < -0.4 is 10.5 Å². The zero-order valence-corrected chi connectivity index (χ0v) is 7.23. The molecule has 0 atom stereocenters. The number of carbonyl (C=O) groups excluding carboxylic acids is 1. The number of ether oxygens (including phenoxy) is 1. The van der Waals surface area contributed by atoms with Gasteiger partial charge in [-0.15, -0.1) is 0 Å². The van der Waals surface area contributed by atoms with Crippen LogP contribution in [0, 0.1) is 0 Å². The number of nitrogen functional groups attached to an aromatic ring is 1. The van der Waals surface area contributed by atoms with Gasteiger partial charge in [0, 0.05) is 6.20 Å². The molecule has 0 amide bonds. The topological polar surface area (TPSA) is 65.2 Å². The van der Waals surface area contributed by atoms with E-state index in [2.05, 4.69) is 4.98 Å². The van der Waals surface area contributed by atoms with Gasteiger partial charge in [-0.1, -0.05) is 6.08 Å². The minimum atomic E-state index is 0.339. The Morgan fingerprint density at radius 2 is 2.38 bits per heavy atom. The van der Waals surface area contributed by atoms with Gasteiger partial charge in [0.25, 0.3) is 0 Å². The highest BCUT2D eigenvalue weighted by Crippen LogP contribution is 2.19. The number of hydrogen-bond acceptors (Lipinski definition) is 4. The molecule has 1 aromatic rings. The van der Waals surface area contributed by atoms with Crippen LogP contribution in [0.25, 0.3) is 6.08 Å². The lowest BCUT2D eigenvalue weighted by atomic mass is 10.2. The Balaban J connectivity index is 2.99. The zero-order valence-electron chi connectivity index (χ0n) is 7.23. The third-order valence-electron chi connectivity index (χ3n) is 1.49. The number of pyridine rings is 1. The lowest BCUT2D eigenvalue weighted by molar-refractivity contribution is -0.104. The number of carbonyl (C=O) groups is 1. The van der Waals surface area contributed by atoms with Gasteiger partial charge in [-0.3, -0.25) is 4.79 Å². The summed E-state index contributed by atoms with van der Waals surface area (Å²) in [5, 5.41) is 0. The Morgan fingerprint density at radius 3 is 3.00 bits per heavy atom. The van der Waals surface area contributed by atoms with E-state index in [1.807, 2.05) is 0 Å². The molecular weight excluding hydrogens is 168 g/mol. The molecule has 0 aromatic carbocycles. The summed E-state index contributed by atoms with van der Waals surface area (Å²) in [6.45, 7) is 0. The minimum absolute atomic E-state index is 0.339. The second kappa shape index (κ2) is 4.25. The number of aromatic nitrogens is 1. The average molecular weight is 178 g/mol. The quantitative estimate of drug-likeness (QED) is 0.551. The van der Waals surface area contributed by atoms with E-state index in [0.717, 1.165) is 5.56 Å². The molecule has 1 aromatic heterocycles. The first-order valence-corrected chi connectivity index (χ1v) is 3.69. The highest BCUT2D eigenvalue weighted by Gasteiger charge is 1.99. The van der Waals surface area contributed by atoms with Gasteiger partial charge in [-0.05, 0) is 17.7 Å². The number of hydrogen-bond donors (Lipinski definition) is 1. The molecule has 0 aliphatic carbocycles. The molecule has 2 N–H and O–H groups in total. The normalized spacial score (nSPS) is 10.2. The van der Waals surface area contributed by atoms with Crippen molar-refractivity contribution >= 4 is 18.2 Å². The van der Waals surface area contributed by atoms with Crippen molar-refractivity contribution in [1.29, 1.82) is 0 Å². The molecule has 0 aliphatic rings. The molecule has 0 bridgehead atoms. The Labute approximate surface area is 76.0 Å². The number of anilines is 1. The molecule has 0 saturated carbocycles. The van der Waals surface area contributed by atoms with Crippen molar-refractivity contribution in [2.75, 3.05) is 12.8 Å². The molecule has 0 saturated heterocycles. The minimum Gasteiger partial charge on any atom is -0.493 e. The highest BCUT2D eigenvalue weighted by molar-refractivity contribution is 5.74. The monoisotopic (exact) mass is 178 g/mol. The predicted octanol–water partition coefficient (Wildman–Crippen LogP) is 0.884. The fourth-order valence-corrected chi connectivity index (χ4v) is 0.875. The Morgan fingerprint density at radius 1 is 1.62 bits per heavy atom. The lowest BCUT2D eigenvalue weighted by Gasteiger charge is -2.02. The van der Waals surface area contributed by atoms with E-state index < -0.39 is 0 Å². The highest BCUT2D eigenvalue weighted by atomic mass is 16.5. The largest absolute Gasteiger partial charge is 0.493 e. The van der Waals surface area contributed by atoms with E-state index in [9.17, 15) is 4.79 Å². The van der Waals surface area contributed by atoms with Crippen LogP contribution in [0.1, 0.15) is 5.56 Å². The molecule has 0 aliphatic heterocycles. The fraction of sp³-hybridized carbons (Fsp3) is 0.111. The maximum absolute atomic E-state index is 10.0. The number of allylic oxidation sites excluding steroid dienone is 1. The van der Waals surface area contributed by atoms with Gasteiger partial charge in [0.1, 0.15) is 6.29 Å². The summed E-state index contributed by atoms with van der Waals surface area (Å²) in [6.07, 6.45) is 5.27. The van der Waals surface area contributed by atoms with Crippen molar-refractivity contribution in [2.24, 2.45) is 0 Å². The maximum Gasteiger partial charge on any atom is 0.166 e. The molecule has 1 heterocycles. The first-order valence-electron chi connectivity index (χ1n) is 3.69. The van der Waals surface area contributed by atoms with E-state index in [-0.39, 0.29) is 0 Å². The zero-order chi connectivity index (χ0) is 9.68. The molecule has 1 rings (SSSR count). The number of methoxy groups -OCH3 is 1. The van der Waals surface area contributed by atoms with Gasteiger partial charge >= 0.3 is 0 Å². The third kappa shape index (κ3) is 2.30. The molecule has 4 nitrogen and oxygen atoms in total. The van der Waals surface area contributed by atoms with Crippen LogP contribution in [0.5, 0.6) is 5.75 Å². The number of rotatable bonds is 3. The van der Waals surface area contributed by atoms with E-state index in [0.29, 0.717) is 17.9 Å². The lowest BCUT2D eigenvalue weighted by Crippen LogP contribution is -1.95. The third-order valence-corrected chi connectivity index (χ3v) is 1.49. The Kier molecular flexibility index (Phi) is 3.03. The maximum atomic E-state index is 10.0. The number of nitrogens with two attached hydrogens (primary N) is 1. The van der Waals surface area contributed by atoms with Crippen LogP contribution in [0.4, 0.5) is 5.82 Å². The van der Waals surface area contributed by atoms with Crippen LogP contribution in [0.2, 0.25) is 0 Å². The van der Waals surface area contributed by atoms with Crippen molar-refractivity contribution in [2.45, 2.75) is 0 Å². The summed E-state index contributed by atoms with van der Waals surface area (Å²) in [7, 11) is 1.51. The van der Waals surface area contributed by atoms with E-state index in [4.69, 9.17) is 10.5 Å². The van der Waals surface area contributed by atoms with Gasteiger partial charge < -0.3 is 10.5 Å². The van der Waals surface area contributed by atoms with E-state index in [1.165, 1.54) is 13.2 Å². The first-order chi connectivity index (χ1) is 6.27. The summed E-state index contributed by atoms with van der Waals surface area (Å²) in [6, 6.07) is 1.71. The van der Waals surface area contributed by atoms with Gasteiger partial charge in [-0.25, -0.2) is 4.98 Å². The Bertz CT molecular complexity index is 334. The molecule has 4 heteroatoms. The molecule has 13 heavy (non-hydrogen) atoms. The number of aldehydes is 1. The SMILES string of the molecule is COc1cc(C=CC=O)cnc1N. The van der Waals surface area contributed by atoms with Gasteiger partial charge in [0.2, 0.25) is 0 Å². The second-order valence-electron chi connectivity index (χ2n) is 2.35. The predicted molar refractivity (Wildman–Crippen MR) is 50.3 cm³/mol. The molecule has 0 spiro atoms. The summed E-state index contributed by atoms with van der Waals surface area (Å²) in [5.74, 6) is 0.846. The van der Waals surface area contributed by atoms with Crippen molar-refractivity contribution in [3.63, 3.8) is 0 Å². The standard InChI is InChI=1S/C9H10N2O2/c1-13-8-5-7(3-2-4-12)6-11-9(8)10/h2-6H,1H3,(H2,10,11). The summed E-state index contributed by atoms with van der Waals surface area (Å²) in [4.78, 5) is 13.9. The average Bonchev–Trinajstić information content (AvgIpc) is 2.16. The van der Waals surface area contributed by atoms with Crippen LogP contribution >= 0.6 is 0 Å². The van der Waals surface area contributed by atoms with Gasteiger partial charge in [0.15, 0.2) is 11.6 Å². The second-order valence-corrected chi connectivity index (χ2v) is 2.35. The molecule has 0 fully saturated rings. The molecular formula is C9H10N2O2. The molecule has 0 radical (unpaired) electrons. The Hall–Kier alpha value is -1.84. The van der Waals surface area contributed by atoms with Gasteiger partial charge in [0.05, 0.1) is 7.11 Å². The summed E-state index contributed by atoms with van der Waals surface area (Å²) >= 11 is 0. The van der Waals surface area contributed by atoms with Crippen molar-refractivity contribution < 1.29 is 9.53 Å². The van der Waals surface area contributed by atoms with E-state index >= 15 is 0 Å². The summed E-state index contributed by atoms with van der Waals surface area (Å²) < 4.78 is 4.96. The smallest absolute Gasteiger partial charge is 0.166 e. The summed E-state index contributed by atoms with van der Waals surface area (Å²) in [5.41, 5.74) is 6.27. The van der Waals surface area contributed by atoms with Crippen molar-refractivity contribution in [3.8, 4) is 5.75 Å². The van der Waals surface area contributed by atoms with Crippen molar-refractivity contribution in [1.82, 2.24) is 4.98 Å².